The molecule has 0 radical (unpaired) electrons. The highest BCUT2D eigenvalue weighted by atomic mass is 35.7. The van der Waals surface area contributed by atoms with Gasteiger partial charge in [0.15, 0.2) is 0 Å². The van der Waals surface area contributed by atoms with Gasteiger partial charge in [-0.25, -0.2) is 0 Å². The SMILES string of the molecule is CCC(=O)N[SH]=PCl. The Balaban J connectivity index is 3.25. The van der Waals surface area contributed by atoms with Gasteiger partial charge in [-0.15, -0.1) is 0 Å². The zero-order valence-electron chi connectivity index (χ0n) is 4.39. The van der Waals surface area contributed by atoms with Crippen LogP contribution in [0.5, 0.6) is 0 Å². The molecule has 0 aliphatic carbocycles. The Kier molecular flexibility index (Phi) is 5.83. The van der Waals surface area contributed by atoms with Crippen LogP contribution in [0.25, 0.3) is 0 Å². The van der Waals surface area contributed by atoms with E-state index < -0.39 is 0 Å². The van der Waals surface area contributed by atoms with E-state index >= 15 is 0 Å². The molecule has 0 rings (SSSR count). The molecule has 0 atom stereocenters. The molecule has 1 amide bonds. The average Bonchev–Trinajstić information content (AvgIpc) is 1.83. The third kappa shape index (κ3) is 4.57. The van der Waals surface area contributed by atoms with E-state index in [1.165, 1.54) is 0 Å². The van der Waals surface area contributed by atoms with Crippen molar-refractivity contribution in [1.29, 1.82) is 0 Å². The van der Waals surface area contributed by atoms with Crippen molar-refractivity contribution in [1.82, 2.24) is 4.72 Å². The second-order valence-corrected chi connectivity index (χ2v) is 4.05. The van der Waals surface area contributed by atoms with Crippen molar-refractivity contribution in [2.75, 3.05) is 0 Å². The Hall–Kier alpha value is 0.410. The highest BCUT2D eigenvalue weighted by Crippen LogP contribution is 1.98. The number of thiol groups is 1. The van der Waals surface area contributed by atoms with Gasteiger partial charge in [-0.1, -0.05) is 18.0 Å². The molecule has 1 N–H and O–H groups in total. The van der Waals surface area contributed by atoms with Crippen molar-refractivity contribution in [3.05, 3.63) is 0 Å². The molecule has 8 heavy (non-hydrogen) atoms. The molecule has 0 aromatic rings. The number of rotatable bonds is 2. The Labute approximate surface area is 58.3 Å². The molecule has 0 fully saturated rings. The molecule has 0 saturated carbocycles. The summed E-state index contributed by atoms with van der Waals surface area (Å²) >= 11 is 6.01. The van der Waals surface area contributed by atoms with Gasteiger partial charge in [0.2, 0.25) is 5.91 Å². The lowest BCUT2D eigenvalue weighted by Gasteiger charge is -1.90. The Morgan fingerprint density at radius 2 is 2.62 bits per heavy atom. The van der Waals surface area contributed by atoms with Crippen molar-refractivity contribution in [3.8, 4) is 0 Å². The van der Waals surface area contributed by atoms with E-state index in [2.05, 4.69) is 4.72 Å². The summed E-state index contributed by atoms with van der Waals surface area (Å²) in [6.07, 6.45) is 0.527. The standard InChI is InChI=1S/C3H7ClNOPS/c1-2-3(6)5-8-7-4/h8H,2H2,1H3,(H,5,6). The van der Waals surface area contributed by atoms with Gasteiger partial charge in [0.05, 0.1) is 6.71 Å². The fraction of sp³-hybridized carbons (Fsp3) is 0.667. The van der Waals surface area contributed by atoms with E-state index in [1.807, 2.05) is 0 Å². The van der Waals surface area contributed by atoms with Crippen LogP contribution in [0.1, 0.15) is 13.3 Å². The summed E-state index contributed by atoms with van der Waals surface area (Å²) in [7, 11) is 0. The average molecular weight is 172 g/mol. The Morgan fingerprint density at radius 3 is 3.00 bits per heavy atom. The van der Waals surface area contributed by atoms with Crippen LogP contribution in [-0.4, -0.2) is 5.91 Å². The summed E-state index contributed by atoms with van der Waals surface area (Å²) < 4.78 is 2.57. The van der Waals surface area contributed by atoms with Crippen molar-refractivity contribution in [2.24, 2.45) is 0 Å². The maximum absolute atomic E-state index is 10.4. The molecular formula is C3H7ClNOPS. The van der Waals surface area contributed by atoms with Crippen LogP contribution in [0.15, 0.2) is 0 Å². The molecular weight excluding hydrogens is 165 g/mol. The maximum atomic E-state index is 10.4. The lowest BCUT2D eigenvalue weighted by atomic mass is 10.5. The van der Waals surface area contributed by atoms with E-state index in [0.717, 1.165) is 11.1 Å². The summed E-state index contributed by atoms with van der Waals surface area (Å²) in [6.45, 7) is 2.46. The van der Waals surface area contributed by atoms with E-state index in [1.54, 1.807) is 6.92 Å². The molecule has 5 heteroatoms. The zero-order chi connectivity index (χ0) is 6.41. The van der Waals surface area contributed by atoms with Gasteiger partial charge in [0.25, 0.3) is 0 Å². The normalized spacial score (nSPS) is 10.8. The van der Waals surface area contributed by atoms with Crippen LogP contribution >= 0.6 is 17.9 Å². The third-order valence-corrected chi connectivity index (χ3v) is 2.17. The molecule has 0 spiro atoms. The van der Waals surface area contributed by atoms with Gasteiger partial charge >= 0.3 is 0 Å². The highest BCUT2D eigenvalue weighted by Gasteiger charge is 1.87. The smallest absolute Gasteiger partial charge is 0.229 e. The van der Waals surface area contributed by atoms with Gasteiger partial charge in [-0.2, -0.15) is 0 Å². The summed E-state index contributed by atoms with van der Waals surface area (Å²) in [4.78, 5) is 10.4. The number of nitrogens with one attached hydrogen (secondary N) is 1. The molecule has 0 saturated heterocycles. The van der Waals surface area contributed by atoms with Crippen molar-refractivity contribution >= 4 is 35.0 Å². The lowest BCUT2D eigenvalue weighted by molar-refractivity contribution is -0.118. The van der Waals surface area contributed by atoms with Gasteiger partial charge < -0.3 is 4.72 Å². The van der Waals surface area contributed by atoms with E-state index in [9.17, 15) is 4.79 Å². The van der Waals surface area contributed by atoms with Crippen LogP contribution in [0.3, 0.4) is 0 Å². The van der Waals surface area contributed by atoms with E-state index in [-0.39, 0.29) is 5.91 Å². The van der Waals surface area contributed by atoms with Crippen LogP contribution in [0.4, 0.5) is 0 Å². The van der Waals surface area contributed by atoms with Crippen LogP contribution in [0.2, 0.25) is 0 Å². The number of hydrogen-bond acceptors (Lipinski definition) is 1. The number of hydrogen-bond donors (Lipinski definition) is 2. The minimum Gasteiger partial charge on any atom is -0.304 e. The molecule has 0 aromatic heterocycles. The highest BCUT2D eigenvalue weighted by molar-refractivity contribution is 8.16. The molecule has 2 nitrogen and oxygen atoms in total. The van der Waals surface area contributed by atoms with Crippen molar-refractivity contribution < 1.29 is 4.79 Å². The van der Waals surface area contributed by atoms with E-state index in [4.69, 9.17) is 11.2 Å². The predicted octanol–water partition coefficient (Wildman–Crippen LogP) is 1.26. The first-order valence-corrected chi connectivity index (χ1v) is 5.51. The van der Waals surface area contributed by atoms with Gasteiger partial charge in [0.1, 0.15) is 0 Å². The summed E-state index contributed by atoms with van der Waals surface area (Å²) in [5, 5.41) is 0. The molecule has 0 aliphatic heterocycles. The van der Waals surface area contributed by atoms with E-state index in [0.29, 0.717) is 13.1 Å². The lowest BCUT2D eigenvalue weighted by Crippen LogP contribution is -2.15. The fourth-order valence-corrected chi connectivity index (χ4v) is 1.25. The minimum atomic E-state index is 0.0415. The van der Waals surface area contributed by atoms with Crippen LogP contribution < -0.4 is 4.72 Å². The van der Waals surface area contributed by atoms with Gasteiger partial charge in [-0.05, 0) is 11.2 Å². The molecule has 0 aliphatic rings. The summed E-state index contributed by atoms with van der Waals surface area (Å²) in [5.74, 6) is 0.0415. The number of carbonyl (C=O) groups is 1. The first-order valence-electron chi connectivity index (χ1n) is 2.11. The fourth-order valence-electron chi connectivity index (χ4n) is 0.154. The van der Waals surface area contributed by atoms with Gasteiger partial charge in [-0.3, -0.25) is 4.79 Å². The predicted molar refractivity (Wildman–Crippen MR) is 40.0 cm³/mol. The minimum absolute atomic E-state index is 0.0415. The maximum Gasteiger partial charge on any atom is 0.229 e. The van der Waals surface area contributed by atoms with Gasteiger partial charge in [0, 0.05) is 6.42 Å². The number of halogens is 1. The monoisotopic (exact) mass is 171 g/mol. The molecule has 0 unspecified atom stereocenters. The Morgan fingerprint density at radius 1 is 2.00 bits per heavy atom. The number of carbonyl (C=O) groups excluding carboxylic acids is 1. The van der Waals surface area contributed by atoms with Crippen LogP contribution in [-0.2, 0) is 15.9 Å². The van der Waals surface area contributed by atoms with Crippen molar-refractivity contribution in [2.45, 2.75) is 13.3 Å². The van der Waals surface area contributed by atoms with Crippen molar-refractivity contribution in [3.63, 3.8) is 0 Å². The molecule has 0 heterocycles. The summed E-state index contributed by atoms with van der Waals surface area (Å²) in [6, 6.07) is 0. The first-order chi connectivity index (χ1) is 3.81. The number of amides is 1. The molecule has 0 aromatic carbocycles. The zero-order valence-corrected chi connectivity index (χ0v) is 6.93. The molecule has 0 bridgehead atoms. The quantitative estimate of drug-likeness (QED) is 0.475. The topological polar surface area (TPSA) is 29.1 Å². The largest absolute Gasteiger partial charge is 0.304 e. The Bertz CT molecular complexity index is 107. The third-order valence-electron chi connectivity index (χ3n) is 0.534. The second kappa shape index (κ2) is 5.54. The summed E-state index contributed by atoms with van der Waals surface area (Å²) in [5.41, 5.74) is 0. The molecule has 48 valence electrons. The second-order valence-electron chi connectivity index (χ2n) is 1.06. The van der Waals surface area contributed by atoms with Crippen LogP contribution in [0, 0.1) is 0 Å². The first kappa shape index (κ1) is 8.41.